The van der Waals surface area contributed by atoms with E-state index in [2.05, 4.69) is 22.9 Å². The molecule has 0 bridgehead atoms. The molecular weight excluding hydrogens is 330 g/mol. The molecule has 1 aromatic carbocycles. The van der Waals surface area contributed by atoms with Crippen molar-refractivity contribution in [2.75, 3.05) is 14.2 Å². The minimum absolute atomic E-state index is 0.0327. The number of ether oxygens (including phenoxy) is 2. The van der Waals surface area contributed by atoms with Gasteiger partial charge in [0.2, 0.25) is 0 Å². The summed E-state index contributed by atoms with van der Waals surface area (Å²) in [5.41, 5.74) is 7.41. The van der Waals surface area contributed by atoms with Gasteiger partial charge in [-0.1, -0.05) is 61.4 Å². The largest absolute Gasteiger partial charge is 0.493 e. The summed E-state index contributed by atoms with van der Waals surface area (Å²) in [5, 5.41) is 0. The quantitative estimate of drug-likeness (QED) is 0.584. The normalized spacial score (nSPS) is 12.2. The molecule has 21 heavy (non-hydrogen) atoms. The highest BCUT2D eigenvalue weighted by Gasteiger charge is 2.14. The first-order valence-corrected chi connectivity index (χ1v) is 8.60. The second-order valence-corrected chi connectivity index (χ2v) is 6.25. The van der Waals surface area contributed by atoms with E-state index in [1.54, 1.807) is 14.2 Å². The molecule has 2 N–H and O–H groups in total. The molecule has 4 heteroatoms. The van der Waals surface area contributed by atoms with E-state index in [1.165, 1.54) is 38.5 Å². The van der Waals surface area contributed by atoms with Gasteiger partial charge in [0, 0.05) is 10.5 Å². The van der Waals surface area contributed by atoms with Gasteiger partial charge >= 0.3 is 0 Å². The smallest absolute Gasteiger partial charge is 0.161 e. The summed E-state index contributed by atoms with van der Waals surface area (Å²) in [4.78, 5) is 0. The zero-order valence-electron chi connectivity index (χ0n) is 13.5. The van der Waals surface area contributed by atoms with Crippen LogP contribution in [0.25, 0.3) is 0 Å². The second kappa shape index (κ2) is 10.1. The number of rotatable bonds is 10. The van der Waals surface area contributed by atoms with Crippen LogP contribution < -0.4 is 15.2 Å². The van der Waals surface area contributed by atoms with Crippen molar-refractivity contribution < 1.29 is 9.47 Å². The summed E-state index contributed by atoms with van der Waals surface area (Å²) in [6.07, 6.45) is 8.72. The van der Waals surface area contributed by atoms with Crippen molar-refractivity contribution in [3.8, 4) is 11.5 Å². The molecule has 0 aliphatic carbocycles. The van der Waals surface area contributed by atoms with Gasteiger partial charge in [0.15, 0.2) is 11.5 Å². The molecule has 0 saturated heterocycles. The summed E-state index contributed by atoms with van der Waals surface area (Å²) in [6, 6.07) is 3.94. The molecule has 1 aromatic rings. The highest BCUT2D eigenvalue weighted by Crippen LogP contribution is 2.36. The molecule has 0 heterocycles. The lowest BCUT2D eigenvalue weighted by Crippen LogP contribution is -2.11. The van der Waals surface area contributed by atoms with Gasteiger partial charge in [0.25, 0.3) is 0 Å². The zero-order chi connectivity index (χ0) is 15.7. The van der Waals surface area contributed by atoms with Crippen LogP contribution in [0.1, 0.15) is 63.5 Å². The minimum atomic E-state index is 0.0327. The number of nitrogens with two attached hydrogens (primary N) is 1. The maximum absolute atomic E-state index is 6.33. The Bertz CT molecular complexity index is 423. The lowest BCUT2D eigenvalue weighted by Gasteiger charge is -2.17. The van der Waals surface area contributed by atoms with Crippen molar-refractivity contribution in [1.29, 1.82) is 0 Å². The molecule has 0 fully saturated rings. The van der Waals surface area contributed by atoms with Crippen LogP contribution in [0.3, 0.4) is 0 Å². The molecule has 1 atom stereocenters. The summed E-state index contributed by atoms with van der Waals surface area (Å²) in [5.74, 6) is 1.45. The molecule has 120 valence electrons. The molecule has 1 unspecified atom stereocenters. The van der Waals surface area contributed by atoms with Crippen LogP contribution in [0, 0.1) is 0 Å². The number of halogens is 1. The van der Waals surface area contributed by atoms with Crippen molar-refractivity contribution in [2.45, 2.75) is 57.9 Å². The van der Waals surface area contributed by atoms with Crippen LogP contribution in [0.2, 0.25) is 0 Å². The predicted molar refractivity (Wildman–Crippen MR) is 92.2 cm³/mol. The van der Waals surface area contributed by atoms with Crippen LogP contribution >= 0.6 is 15.9 Å². The van der Waals surface area contributed by atoms with E-state index in [0.29, 0.717) is 0 Å². The van der Waals surface area contributed by atoms with E-state index in [4.69, 9.17) is 15.2 Å². The summed E-state index contributed by atoms with van der Waals surface area (Å²) in [7, 11) is 3.29. The van der Waals surface area contributed by atoms with Crippen LogP contribution in [-0.2, 0) is 0 Å². The fourth-order valence-electron chi connectivity index (χ4n) is 2.45. The van der Waals surface area contributed by atoms with Crippen LogP contribution in [0.4, 0.5) is 0 Å². The summed E-state index contributed by atoms with van der Waals surface area (Å²) >= 11 is 3.58. The first kappa shape index (κ1) is 18.3. The number of methoxy groups -OCH3 is 2. The predicted octanol–water partition coefficient (Wildman–Crippen LogP) is 5.22. The summed E-state index contributed by atoms with van der Waals surface area (Å²) < 4.78 is 11.6. The van der Waals surface area contributed by atoms with E-state index in [0.717, 1.165) is 28.0 Å². The van der Waals surface area contributed by atoms with Crippen molar-refractivity contribution in [3.05, 3.63) is 22.2 Å². The number of unbranched alkanes of at least 4 members (excludes halogenated alkanes) is 5. The van der Waals surface area contributed by atoms with Crippen molar-refractivity contribution >= 4 is 15.9 Å². The second-order valence-electron chi connectivity index (χ2n) is 5.39. The van der Waals surface area contributed by atoms with Crippen molar-refractivity contribution in [2.24, 2.45) is 5.73 Å². The third-order valence-corrected chi connectivity index (χ3v) is 4.46. The highest BCUT2D eigenvalue weighted by atomic mass is 79.9. The van der Waals surface area contributed by atoms with Gasteiger partial charge < -0.3 is 15.2 Å². The molecule has 0 aliphatic heterocycles. The summed E-state index contributed by atoms with van der Waals surface area (Å²) in [6.45, 7) is 2.24. The molecule has 0 spiro atoms. The van der Waals surface area contributed by atoms with E-state index in [9.17, 15) is 0 Å². The monoisotopic (exact) mass is 357 g/mol. The molecule has 0 amide bonds. The van der Waals surface area contributed by atoms with E-state index in [1.807, 2.05) is 12.1 Å². The van der Waals surface area contributed by atoms with E-state index >= 15 is 0 Å². The topological polar surface area (TPSA) is 44.5 Å². The Balaban J connectivity index is 2.55. The van der Waals surface area contributed by atoms with Crippen molar-refractivity contribution in [3.63, 3.8) is 0 Å². The Morgan fingerprint density at radius 3 is 2.19 bits per heavy atom. The Morgan fingerprint density at radius 2 is 1.57 bits per heavy atom. The van der Waals surface area contributed by atoms with Gasteiger partial charge in [-0.25, -0.2) is 0 Å². The molecule has 0 saturated carbocycles. The first-order valence-electron chi connectivity index (χ1n) is 7.81. The third-order valence-electron chi connectivity index (χ3n) is 3.77. The van der Waals surface area contributed by atoms with Crippen LogP contribution in [0.5, 0.6) is 11.5 Å². The number of benzene rings is 1. The van der Waals surface area contributed by atoms with Crippen molar-refractivity contribution in [1.82, 2.24) is 0 Å². The lowest BCUT2D eigenvalue weighted by molar-refractivity contribution is 0.353. The highest BCUT2D eigenvalue weighted by molar-refractivity contribution is 9.10. The van der Waals surface area contributed by atoms with E-state index < -0.39 is 0 Å². The van der Waals surface area contributed by atoms with E-state index in [-0.39, 0.29) is 6.04 Å². The minimum Gasteiger partial charge on any atom is -0.493 e. The Labute approximate surface area is 137 Å². The maximum atomic E-state index is 6.33. The van der Waals surface area contributed by atoms with Gasteiger partial charge in [-0.3, -0.25) is 0 Å². The Hall–Kier alpha value is -0.740. The average Bonchev–Trinajstić information content (AvgIpc) is 2.50. The average molecular weight is 358 g/mol. The maximum Gasteiger partial charge on any atom is 0.161 e. The molecule has 3 nitrogen and oxygen atoms in total. The molecule has 0 aliphatic rings. The molecule has 1 rings (SSSR count). The lowest BCUT2D eigenvalue weighted by atomic mass is 10.00. The molecule has 0 radical (unpaired) electrons. The van der Waals surface area contributed by atoms with Gasteiger partial charge in [0.05, 0.1) is 14.2 Å². The van der Waals surface area contributed by atoms with Gasteiger partial charge in [-0.2, -0.15) is 0 Å². The van der Waals surface area contributed by atoms with Gasteiger partial charge in [-0.05, 0) is 24.1 Å². The number of hydrogen-bond donors (Lipinski definition) is 1. The Morgan fingerprint density at radius 1 is 1.00 bits per heavy atom. The SMILES string of the molecule is CCCCCCCCC(N)c1cc(OC)c(OC)cc1Br. The molecular formula is C17H28BrNO2. The third kappa shape index (κ3) is 5.87. The first-order chi connectivity index (χ1) is 10.1. The van der Waals surface area contributed by atoms with Gasteiger partial charge in [-0.15, -0.1) is 0 Å². The standard InChI is InChI=1S/C17H28BrNO2/c1-4-5-6-7-8-9-10-15(19)13-11-16(20-2)17(21-3)12-14(13)18/h11-12,15H,4-10,19H2,1-3H3. The fourth-order valence-corrected chi connectivity index (χ4v) is 3.07. The van der Waals surface area contributed by atoms with Crippen LogP contribution in [0.15, 0.2) is 16.6 Å². The molecule has 0 aromatic heterocycles. The Kier molecular flexibility index (Phi) is 8.77. The zero-order valence-corrected chi connectivity index (χ0v) is 15.0. The van der Waals surface area contributed by atoms with Crippen LogP contribution in [-0.4, -0.2) is 14.2 Å². The number of hydrogen-bond acceptors (Lipinski definition) is 3. The fraction of sp³-hybridized carbons (Fsp3) is 0.647. The van der Waals surface area contributed by atoms with Gasteiger partial charge in [0.1, 0.15) is 0 Å².